The monoisotopic (exact) mass is 560 g/mol. The van der Waals surface area contributed by atoms with Crippen LogP contribution in [0.3, 0.4) is 0 Å². The molecule has 1 aliphatic carbocycles. The Labute approximate surface area is 233 Å². The summed E-state index contributed by atoms with van der Waals surface area (Å²) < 4.78 is 14.1. The van der Waals surface area contributed by atoms with Gasteiger partial charge in [-0.15, -0.1) is 10.2 Å². The number of nitriles is 1. The van der Waals surface area contributed by atoms with Crippen LogP contribution in [0.25, 0.3) is 0 Å². The van der Waals surface area contributed by atoms with Crippen LogP contribution in [0.2, 0.25) is 0 Å². The van der Waals surface area contributed by atoms with Crippen molar-refractivity contribution in [1.29, 1.82) is 5.26 Å². The molecule has 0 spiro atoms. The van der Waals surface area contributed by atoms with Crippen molar-refractivity contribution >= 4 is 45.6 Å². The van der Waals surface area contributed by atoms with Crippen molar-refractivity contribution in [2.24, 2.45) is 5.73 Å². The van der Waals surface area contributed by atoms with E-state index >= 15 is 0 Å². The van der Waals surface area contributed by atoms with Gasteiger partial charge in [-0.3, -0.25) is 14.5 Å². The molecule has 11 heteroatoms. The van der Waals surface area contributed by atoms with Crippen molar-refractivity contribution in [3.63, 3.8) is 0 Å². The normalized spacial score (nSPS) is 17.2. The molecule has 1 atom stereocenters. The smallest absolute Gasteiger partial charge is 0.234 e. The zero-order valence-corrected chi connectivity index (χ0v) is 23.0. The fraction of sp³-hybridized carbons (Fsp3) is 0.250. The van der Waals surface area contributed by atoms with Crippen molar-refractivity contribution in [2.45, 2.75) is 43.4 Å². The summed E-state index contributed by atoms with van der Waals surface area (Å²) in [5.41, 5.74) is 11.3. The molecule has 0 bridgehead atoms. The van der Waals surface area contributed by atoms with Gasteiger partial charge in [-0.05, 0) is 55.5 Å². The Morgan fingerprint density at radius 2 is 2.03 bits per heavy atom. The van der Waals surface area contributed by atoms with Crippen LogP contribution in [-0.4, -0.2) is 27.6 Å². The number of rotatable bonds is 6. The fourth-order valence-electron chi connectivity index (χ4n) is 4.92. The SMILES string of the molecule is Cc1ccc(F)cc1NC(=O)CSc1nnc(N2C(N)=C(C#N)C(c3ccccc3C)C3=C2CCCC3=O)s1. The zero-order chi connectivity index (χ0) is 27.7. The summed E-state index contributed by atoms with van der Waals surface area (Å²) in [6.07, 6.45) is 1.69. The topological polar surface area (TPSA) is 125 Å². The van der Waals surface area contributed by atoms with Crippen LogP contribution in [0.4, 0.5) is 15.2 Å². The van der Waals surface area contributed by atoms with E-state index in [9.17, 15) is 19.2 Å². The standard InChI is InChI=1S/C28H25FN6O2S2/c1-15-6-3-4-7-18(15)24-19(13-30)26(31)35(21-8-5-9-22(36)25(21)24)27-33-34-28(39-27)38-14-23(37)32-20-12-17(29)11-10-16(20)2/h3-4,6-7,10-12,24H,5,8-9,14,31H2,1-2H3,(H,32,37). The molecule has 1 unspecified atom stereocenters. The Hall–Kier alpha value is -4.01. The summed E-state index contributed by atoms with van der Waals surface area (Å²) in [7, 11) is 0. The van der Waals surface area contributed by atoms with E-state index in [2.05, 4.69) is 21.6 Å². The molecule has 198 valence electrons. The quantitative estimate of drug-likeness (QED) is 0.388. The van der Waals surface area contributed by atoms with E-state index in [1.165, 1.54) is 35.2 Å². The van der Waals surface area contributed by atoms with Crippen LogP contribution in [0.1, 0.15) is 41.9 Å². The van der Waals surface area contributed by atoms with Crippen LogP contribution >= 0.6 is 23.1 Å². The molecule has 0 fully saturated rings. The molecule has 1 amide bonds. The number of nitrogens with zero attached hydrogens (tertiary/aromatic N) is 4. The lowest BCUT2D eigenvalue weighted by atomic mass is 9.75. The number of Topliss-reactive ketones (excluding diaryl/α,β-unsaturated/α-hetero) is 1. The van der Waals surface area contributed by atoms with Crippen LogP contribution in [-0.2, 0) is 9.59 Å². The lowest BCUT2D eigenvalue weighted by Crippen LogP contribution is -2.38. The number of amides is 1. The van der Waals surface area contributed by atoms with Crippen molar-refractivity contribution in [2.75, 3.05) is 16.0 Å². The number of ketones is 1. The molecule has 0 saturated heterocycles. The first-order valence-corrected chi connectivity index (χ1v) is 14.1. The number of aryl methyl sites for hydroxylation is 2. The summed E-state index contributed by atoms with van der Waals surface area (Å²) >= 11 is 2.41. The minimum absolute atomic E-state index is 0.00169. The molecule has 2 aliphatic rings. The van der Waals surface area contributed by atoms with E-state index in [0.717, 1.165) is 22.4 Å². The molecule has 39 heavy (non-hydrogen) atoms. The second-order valence-corrected chi connectivity index (χ2v) is 11.5. The van der Waals surface area contributed by atoms with Gasteiger partial charge >= 0.3 is 0 Å². The van der Waals surface area contributed by atoms with Gasteiger partial charge in [0.2, 0.25) is 11.0 Å². The molecule has 8 nitrogen and oxygen atoms in total. The number of nitrogens with two attached hydrogens (primary N) is 1. The predicted molar refractivity (Wildman–Crippen MR) is 150 cm³/mol. The second kappa shape index (κ2) is 11.0. The van der Waals surface area contributed by atoms with Gasteiger partial charge in [-0.25, -0.2) is 4.39 Å². The molecule has 0 radical (unpaired) electrons. The van der Waals surface area contributed by atoms with Gasteiger partial charge in [0.15, 0.2) is 10.1 Å². The molecule has 1 aromatic heterocycles. The molecule has 2 heterocycles. The molecule has 2 aromatic carbocycles. The third-order valence-electron chi connectivity index (χ3n) is 6.80. The molecular weight excluding hydrogens is 535 g/mol. The molecule has 3 aromatic rings. The molecule has 5 rings (SSSR count). The number of allylic oxidation sites excluding steroid dienone is 3. The van der Waals surface area contributed by atoms with E-state index in [1.807, 2.05) is 31.2 Å². The van der Waals surface area contributed by atoms with Crippen LogP contribution in [0.5, 0.6) is 0 Å². The highest BCUT2D eigenvalue weighted by Gasteiger charge is 2.41. The Kier molecular flexibility index (Phi) is 7.50. The Balaban J connectivity index is 1.42. The number of hydrogen-bond acceptors (Lipinski definition) is 9. The molecule has 0 saturated carbocycles. The second-order valence-electron chi connectivity index (χ2n) is 9.32. The first kappa shape index (κ1) is 26.6. The maximum Gasteiger partial charge on any atom is 0.234 e. The highest BCUT2D eigenvalue weighted by atomic mass is 32.2. The van der Waals surface area contributed by atoms with E-state index in [1.54, 1.807) is 17.9 Å². The Morgan fingerprint density at radius 1 is 1.23 bits per heavy atom. The van der Waals surface area contributed by atoms with Crippen molar-refractivity contribution in [3.05, 3.63) is 87.6 Å². The average Bonchev–Trinajstić information content (AvgIpc) is 3.38. The highest BCUT2D eigenvalue weighted by Crippen LogP contribution is 2.47. The third kappa shape index (κ3) is 5.17. The Bertz CT molecular complexity index is 1590. The zero-order valence-electron chi connectivity index (χ0n) is 21.3. The number of nitrogens with one attached hydrogen (secondary N) is 1. The number of carbonyl (C=O) groups is 2. The molecule has 1 aliphatic heterocycles. The first-order valence-electron chi connectivity index (χ1n) is 12.3. The summed E-state index contributed by atoms with van der Waals surface area (Å²) in [4.78, 5) is 27.5. The van der Waals surface area contributed by atoms with Crippen molar-refractivity contribution in [1.82, 2.24) is 10.2 Å². The summed E-state index contributed by atoms with van der Waals surface area (Å²) in [5, 5.41) is 21.8. The first-order chi connectivity index (χ1) is 18.8. The predicted octanol–water partition coefficient (Wildman–Crippen LogP) is 5.33. The molecule has 3 N–H and O–H groups in total. The van der Waals surface area contributed by atoms with Gasteiger partial charge in [0.1, 0.15) is 11.6 Å². The summed E-state index contributed by atoms with van der Waals surface area (Å²) in [5.74, 6) is -1.00. The van der Waals surface area contributed by atoms with Gasteiger partial charge in [0, 0.05) is 23.4 Å². The van der Waals surface area contributed by atoms with Crippen LogP contribution < -0.4 is 16.0 Å². The van der Waals surface area contributed by atoms with Gasteiger partial charge in [0.05, 0.1) is 23.3 Å². The van der Waals surface area contributed by atoms with E-state index in [4.69, 9.17) is 5.73 Å². The van der Waals surface area contributed by atoms with E-state index < -0.39 is 11.7 Å². The fourth-order valence-corrected chi connectivity index (χ4v) is 6.60. The number of halogens is 1. The van der Waals surface area contributed by atoms with Gasteiger partial charge in [0.25, 0.3) is 0 Å². The largest absolute Gasteiger partial charge is 0.384 e. The van der Waals surface area contributed by atoms with Crippen molar-refractivity contribution < 1.29 is 14.0 Å². The van der Waals surface area contributed by atoms with E-state index in [-0.39, 0.29) is 23.3 Å². The lowest BCUT2D eigenvalue weighted by molar-refractivity contribution is -0.116. The Morgan fingerprint density at radius 3 is 2.79 bits per heavy atom. The number of benzene rings is 2. The van der Waals surface area contributed by atoms with Gasteiger partial charge in [-0.1, -0.05) is 53.4 Å². The number of thioether (sulfide) groups is 1. The number of hydrogen-bond donors (Lipinski definition) is 2. The van der Waals surface area contributed by atoms with Crippen molar-refractivity contribution in [3.8, 4) is 6.07 Å². The van der Waals surface area contributed by atoms with Crippen LogP contribution in [0, 0.1) is 31.0 Å². The van der Waals surface area contributed by atoms with Gasteiger partial charge < -0.3 is 11.1 Å². The third-order valence-corrected chi connectivity index (χ3v) is 8.84. The summed E-state index contributed by atoms with van der Waals surface area (Å²) in [6.45, 7) is 3.74. The number of carbonyl (C=O) groups excluding carboxylic acids is 2. The van der Waals surface area contributed by atoms with E-state index in [0.29, 0.717) is 45.6 Å². The number of aromatic nitrogens is 2. The highest BCUT2D eigenvalue weighted by molar-refractivity contribution is 8.01. The maximum atomic E-state index is 13.6. The molecular formula is C28H25FN6O2S2. The lowest BCUT2D eigenvalue weighted by Gasteiger charge is -2.38. The average molecular weight is 561 g/mol. The van der Waals surface area contributed by atoms with Gasteiger partial charge in [-0.2, -0.15) is 5.26 Å². The minimum Gasteiger partial charge on any atom is -0.384 e. The maximum absolute atomic E-state index is 13.6. The van der Waals surface area contributed by atoms with Crippen LogP contribution in [0.15, 0.2) is 69.5 Å². The number of anilines is 2. The minimum atomic E-state index is -0.535. The summed E-state index contributed by atoms with van der Waals surface area (Å²) in [6, 6.07) is 14.2.